The first kappa shape index (κ1) is 14.1. The minimum absolute atomic E-state index is 0.732. The molecule has 1 aliphatic carbocycles. The zero-order valence-corrected chi connectivity index (χ0v) is 11.8. The molecule has 1 aliphatic rings. The lowest BCUT2D eigenvalue weighted by Crippen LogP contribution is -2.23. The molecule has 19 heavy (non-hydrogen) atoms. The second-order valence-corrected chi connectivity index (χ2v) is 5.22. The quantitative estimate of drug-likeness (QED) is 0.692. The van der Waals surface area contributed by atoms with Gasteiger partial charge in [-0.05, 0) is 25.8 Å². The van der Waals surface area contributed by atoms with Gasteiger partial charge in [0.1, 0.15) is 11.5 Å². The summed E-state index contributed by atoms with van der Waals surface area (Å²) in [6.45, 7) is 13.0. The first-order valence-electron chi connectivity index (χ1n) is 6.98. The van der Waals surface area contributed by atoms with Crippen LogP contribution in [0.1, 0.15) is 29.9 Å². The molecule has 0 unspecified atom stereocenters. The topological polar surface area (TPSA) is 28.4 Å². The molecule has 0 atom stereocenters. The lowest BCUT2D eigenvalue weighted by molar-refractivity contribution is 0.292. The van der Waals surface area contributed by atoms with Gasteiger partial charge < -0.3 is 9.73 Å². The Hall–Kier alpha value is -1.32. The molecule has 1 N–H and O–H groups in total. The van der Waals surface area contributed by atoms with E-state index in [1.807, 2.05) is 19.1 Å². The Morgan fingerprint density at radius 1 is 1.37 bits per heavy atom. The van der Waals surface area contributed by atoms with Crippen LogP contribution in [0, 0.1) is 6.92 Å². The minimum Gasteiger partial charge on any atom is -0.465 e. The van der Waals surface area contributed by atoms with Gasteiger partial charge in [0.05, 0.1) is 6.54 Å². The maximum absolute atomic E-state index is 5.84. The van der Waals surface area contributed by atoms with Crippen molar-refractivity contribution in [2.24, 2.45) is 0 Å². The number of hydrogen-bond acceptors (Lipinski definition) is 3. The van der Waals surface area contributed by atoms with Crippen molar-refractivity contribution >= 4 is 0 Å². The van der Waals surface area contributed by atoms with E-state index in [4.69, 9.17) is 4.42 Å². The van der Waals surface area contributed by atoms with Crippen molar-refractivity contribution in [1.82, 2.24) is 10.2 Å². The van der Waals surface area contributed by atoms with Crippen LogP contribution in [0.5, 0.6) is 0 Å². The van der Waals surface area contributed by atoms with Gasteiger partial charge in [0, 0.05) is 31.2 Å². The van der Waals surface area contributed by atoms with E-state index in [1.54, 1.807) is 0 Å². The Balaban J connectivity index is 1.92. The Morgan fingerprint density at radius 3 is 2.63 bits per heavy atom. The predicted octanol–water partition coefficient (Wildman–Crippen LogP) is 3.01. The summed E-state index contributed by atoms with van der Waals surface area (Å²) in [4.78, 5) is 2.25. The van der Waals surface area contributed by atoms with E-state index in [1.165, 1.54) is 18.4 Å². The van der Waals surface area contributed by atoms with Crippen molar-refractivity contribution in [2.45, 2.75) is 38.9 Å². The van der Waals surface area contributed by atoms with Crippen molar-refractivity contribution in [3.8, 4) is 0 Å². The summed E-state index contributed by atoms with van der Waals surface area (Å²) in [5.41, 5.74) is 1.28. The standard InChI is InChI=1S/C16H24N2O/c1-4-8-18(9-5-2)12-16-10-14(13(3)19-16)11-17-15-6-7-15/h4-5,10,15,17H,1-2,6-9,11-12H2,3H3. The van der Waals surface area contributed by atoms with Crippen molar-refractivity contribution in [3.05, 3.63) is 48.5 Å². The second-order valence-electron chi connectivity index (χ2n) is 5.22. The van der Waals surface area contributed by atoms with Crippen molar-refractivity contribution in [2.75, 3.05) is 13.1 Å². The van der Waals surface area contributed by atoms with Gasteiger partial charge in [0.25, 0.3) is 0 Å². The maximum Gasteiger partial charge on any atom is 0.118 e. The fraction of sp³-hybridized carbons (Fsp3) is 0.500. The van der Waals surface area contributed by atoms with Crippen LogP contribution in [-0.2, 0) is 13.1 Å². The third-order valence-electron chi connectivity index (χ3n) is 3.38. The summed E-state index contributed by atoms with van der Waals surface area (Å²) < 4.78 is 5.84. The Bertz CT molecular complexity index is 422. The summed E-state index contributed by atoms with van der Waals surface area (Å²) in [7, 11) is 0. The molecule has 0 amide bonds. The highest BCUT2D eigenvalue weighted by Crippen LogP contribution is 2.21. The number of rotatable bonds is 9. The molecule has 0 aromatic carbocycles. The van der Waals surface area contributed by atoms with E-state index in [0.717, 1.165) is 43.7 Å². The van der Waals surface area contributed by atoms with Gasteiger partial charge in [-0.3, -0.25) is 4.90 Å². The van der Waals surface area contributed by atoms with Crippen LogP contribution in [0.3, 0.4) is 0 Å². The van der Waals surface area contributed by atoms with Gasteiger partial charge in [0.15, 0.2) is 0 Å². The highest BCUT2D eigenvalue weighted by Gasteiger charge is 2.21. The summed E-state index contributed by atoms with van der Waals surface area (Å²) in [5, 5.41) is 3.52. The molecule has 0 saturated heterocycles. The van der Waals surface area contributed by atoms with Crippen LogP contribution in [0.2, 0.25) is 0 Å². The lowest BCUT2D eigenvalue weighted by Gasteiger charge is -2.16. The average molecular weight is 260 g/mol. The summed E-state index contributed by atoms with van der Waals surface area (Å²) in [6, 6.07) is 2.90. The third kappa shape index (κ3) is 4.37. The normalized spacial score (nSPS) is 14.8. The fourth-order valence-electron chi connectivity index (χ4n) is 2.17. The van der Waals surface area contributed by atoms with E-state index < -0.39 is 0 Å². The number of hydrogen-bond donors (Lipinski definition) is 1. The smallest absolute Gasteiger partial charge is 0.118 e. The molecule has 104 valence electrons. The lowest BCUT2D eigenvalue weighted by atomic mass is 10.2. The van der Waals surface area contributed by atoms with Gasteiger partial charge in [-0.25, -0.2) is 0 Å². The first-order valence-corrected chi connectivity index (χ1v) is 6.98. The molecule has 0 radical (unpaired) electrons. The number of nitrogens with one attached hydrogen (secondary N) is 1. The maximum atomic E-state index is 5.84. The molecule has 1 fully saturated rings. The van der Waals surface area contributed by atoms with E-state index >= 15 is 0 Å². The van der Waals surface area contributed by atoms with Crippen LogP contribution < -0.4 is 5.32 Å². The predicted molar refractivity (Wildman–Crippen MR) is 79.0 cm³/mol. The highest BCUT2D eigenvalue weighted by atomic mass is 16.3. The van der Waals surface area contributed by atoms with Crippen molar-refractivity contribution < 1.29 is 4.42 Å². The number of nitrogens with zero attached hydrogens (tertiary/aromatic N) is 1. The molecule has 0 bridgehead atoms. The zero-order chi connectivity index (χ0) is 13.7. The number of furan rings is 1. The highest BCUT2D eigenvalue weighted by molar-refractivity contribution is 5.21. The van der Waals surface area contributed by atoms with Gasteiger partial charge in [-0.1, -0.05) is 12.2 Å². The molecule has 1 saturated carbocycles. The molecule has 3 heteroatoms. The van der Waals surface area contributed by atoms with Crippen LogP contribution in [0.4, 0.5) is 0 Å². The monoisotopic (exact) mass is 260 g/mol. The molecule has 1 aromatic rings. The van der Waals surface area contributed by atoms with E-state index in [2.05, 4.69) is 29.4 Å². The molecule has 1 aromatic heterocycles. The van der Waals surface area contributed by atoms with Crippen LogP contribution >= 0.6 is 0 Å². The third-order valence-corrected chi connectivity index (χ3v) is 3.38. The zero-order valence-electron chi connectivity index (χ0n) is 11.8. The Morgan fingerprint density at radius 2 is 2.05 bits per heavy atom. The summed E-state index contributed by atoms with van der Waals surface area (Å²) in [6.07, 6.45) is 6.45. The fourth-order valence-corrected chi connectivity index (χ4v) is 2.17. The minimum atomic E-state index is 0.732. The summed E-state index contributed by atoms with van der Waals surface area (Å²) >= 11 is 0. The largest absolute Gasteiger partial charge is 0.465 e. The van der Waals surface area contributed by atoms with Gasteiger partial charge in [0.2, 0.25) is 0 Å². The molecule has 3 nitrogen and oxygen atoms in total. The second kappa shape index (κ2) is 6.73. The van der Waals surface area contributed by atoms with Gasteiger partial charge >= 0.3 is 0 Å². The molecular formula is C16H24N2O. The molecule has 0 spiro atoms. The number of aryl methyl sites for hydroxylation is 1. The molecule has 2 rings (SSSR count). The average Bonchev–Trinajstić information content (AvgIpc) is 3.13. The Kier molecular flexibility index (Phi) is 5.00. The van der Waals surface area contributed by atoms with Crippen molar-refractivity contribution in [1.29, 1.82) is 0 Å². The van der Waals surface area contributed by atoms with Gasteiger partial charge in [-0.2, -0.15) is 0 Å². The Labute approximate surface area is 116 Å². The van der Waals surface area contributed by atoms with Crippen LogP contribution in [0.25, 0.3) is 0 Å². The van der Waals surface area contributed by atoms with E-state index in [0.29, 0.717) is 0 Å². The van der Waals surface area contributed by atoms with Gasteiger partial charge in [-0.15, -0.1) is 13.2 Å². The van der Waals surface area contributed by atoms with E-state index in [-0.39, 0.29) is 0 Å². The van der Waals surface area contributed by atoms with Crippen molar-refractivity contribution in [3.63, 3.8) is 0 Å². The molecule has 1 heterocycles. The van der Waals surface area contributed by atoms with Crippen LogP contribution in [-0.4, -0.2) is 24.0 Å². The van der Waals surface area contributed by atoms with Crippen LogP contribution in [0.15, 0.2) is 35.8 Å². The summed E-state index contributed by atoms with van der Waals surface area (Å²) in [5.74, 6) is 2.05. The molecule has 0 aliphatic heterocycles. The van der Waals surface area contributed by atoms with E-state index in [9.17, 15) is 0 Å². The SMILES string of the molecule is C=CCN(CC=C)Cc1cc(CNC2CC2)c(C)o1. The first-order chi connectivity index (χ1) is 9.22. The molecular weight excluding hydrogens is 236 g/mol.